The van der Waals surface area contributed by atoms with Crippen molar-refractivity contribution >= 4 is 5.91 Å². The lowest BCUT2D eigenvalue weighted by atomic mass is 10.2. The maximum Gasteiger partial charge on any atom is 0.352 e. The highest BCUT2D eigenvalue weighted by molar-refractivity contribution is 5.91. The molecule has 0 saturated heterocycles. The summed E-state index contributed by atoms with van der Waals surface area (Å²) in [6.07, 6.45) is 5.33. The molecule has 33 heavy (non-hydrogen) atoms. The normalized spacial score (nSPS) is 10.7. The number of carbonyl (C=O) groups excluding carboxylic acids is 1. The van der Waals surface area contributed by atoms with Gasteiger partial charge in [0.25, 0.3) is 11.5 Å². The van der Waals surface area contributed by atoms with Gasteiger partial charge in [-0.1, -0.05) is 29.8 Å². The van der Waals surface area contributed by atoms with Gasteiger partial charge in [0.15, 0.2) is 0 Å². The molecular formula is C24H22N6O3. The van der Waals surface area contributed by atoms with Crippen LogP contribution in [0.25, 0.3) is 5.69 Å². The Morgan fingerprint density at radius 1 is 1.00 bits per heavy atom. The Kier molecular flexibility index (Phi) is 6.49. The summed E-state index contributed by atoms with van der Waals surface area (Å²) in [7, 11) is 0. The Bertz CT molecular complexity index is 1360. The second kappa shape index (κ2) is 9.82. The van der Waals surface area contributed by atoms with E-state index in [1.807, 2.05) is 37.3 Å². The molecule has 0 aliphatic rings. The predicted molar refractivity (Wildman–Crippen MR) is 122 cm³/mol. The maximum absolute atomic E-state index is 13.2. The van der Waals surface area contributed by atoms with Gasteiger partial charge in [0.2, 0.25) is 5.69 Å². The number of aromatic nitrogens is 5. The van der Waals surface area contributed by atoms with E-state index in [1.54, 1.807) is 42.9 Å². The topological polar surface area (TPSA) is 112 Å². The van der Waals surface area contributed by atoms with Gasteiger partial charge in [0.05, 0.1) is 12.2 Å². The van der Waals surface area contributed by atoms with Crippen molar-refractivity contribution in [1.29, 1.82) is 0 Å². The third-order valence-electron chi connectivity index (χ3n) is 5.01. The SMILES string of the molecule is Cc1ccc(-n2nc(C(=O)NCCc3ccccn3)c(=O)n(Cc3cccnc3)c2=O)cc1. The Labute approximate surface area is 189 Å². The molecule has 166 valence electrons. The van der Waals surface area contributed by atoms with E-state index in [0.29, 0.717) is 17.7 Å². The first-order chi connectivity index (χ1) is 16.0. The number of aryl methyl sites for hydroxylation is 1. The number of nitrogens with one attached hydrogen (secondary N) is 1. The van der Waals surface area contributed by atoms with Crippen LogP contribution < -0.4 is 16.6 Å². The number of hydrogen-bond acceptors (Lipinski definition) is 6. The summed E-state index contributed by atoms with van der Waals surface area (Å²) in [6, 6.07) is 16.1. The van der Waals surface area contributed by atoms with Crippen molar-refractivity contribution in [3.8, 4) is 5.69 Å². The number of pyridine rings is 2. The van der Waals surface area contributed by atoms with Crippen molar-refractivity contribution < 1.29 is 4.79 Å². The third-order valence-corrected chi connectivity index (χ3v) is 5.01. The molecule has 0 atom stereocenters. The first kappa shape index (κ1) is 21.8. The number of carbonyl (C=O) groups is 1. The lowest BCUT2D eigenvalue weighted by molar-refractivity contribution is 0.0944. The molecular weight excluding hydrogens is 420 g/mol. The molecule has 1 N–H and O–H groups in total. The first-order valence-electron chi connectivity index (χ1n) is 10.4. The molecule has 4 rings (SSSR count). The standard InChI is InChI=1S/C24H22N6O3/c1-17-7-9-20(10-8-17)30-24(33)29(16-18-5-4-12-25-15-18)23(32)21(28-30)22(31)27-14-11-19-6-2-3-13-26-19/h2-10,12-13,15H,11,14,16H2,1H3,(H,27,31). The number of benzene rings is 1. The lowest BCUT2D eigenvalue weighted by Crippen LogP contribution is -2.46. The van der Waals surface area contributed by atoms with Crippen LogP contribution >= 0.6 is 0 Å². The van der Waals surface area contributed by atoms with Crippen molar-refractivity contribution in [2.24, 2.45) is 0 Å². The summed E-state index contributed by atoms with van der Waals surface area (Å²) < 4.78 is 2.07. The van der Waals surface area contributed by atoms with E-state index in [1.165, 1.54) is 0 Å². The highest BCUT2D eigenvalue weighted by atomic mass is 16.2. The van der Waals surface area contributed by atoms with E-state index in [-0.39, 0.29) is 18.8 Å². The molecule has 0 fully saturated rings. The van der Waals surface area contributed by atoms with Crippen molar-refractivity contribution in [3.63, 3.8) is 0 Å². The van der Waals surface area contributed by atoms with Gasteiger partial charge in [-0.3, -0.25) is 24.1 Å². The molecule has 0 saturated carbocycles. The molecule has 0 radical (unpaired) electrons. The Hall–Kier alpha value is -4.40. The van der Waals surface area contributed by atoms with E-state index in [0.717, 1.165) is 20.5 Å². The summed E-state index contributed by atoms with van der Waals surface area (Å²) >= 11 is 0. The highest BCUT2D eigenvalue weighted by Crippen LogP contribution is 2.06. The van der Waals surface area contributed by atoms with Crippen LogP contribution in [0, 0.1) is 6.92 Å². The average Bonchev–Trinajstić information content (AvgIpc) is 2.84. The van der Waals surface area contributed by atoms with Crippen molar-refractivity contribution in [2.45, 2.75) is 19.9 Å². The van der Waals surface area contributed by atoms with Gasteiger partial charge in [-0.15, -0.1) is 0 Å². The minimum Gasteiger partial charge on any atom is -0.350 e. The molecule has 4 aromatic rings. The fourth-order valence-corrected chi connectivity index (χ4v) is 3.26. The molecule has 0 spiro atoms. The first-order valence-corrected chi connectivity index (χ1v) is 10.4. The van der Waals surface area contributed by atoms with Crippen molar-refractivity contribution in [1.82, 2.24) is 29.6 Å². The van der Waals surface area contributed by atoms with Crippen LogP contribution in [0.5, 0.6) is 0 Å². The van der Waals surface area contributed by atoms with Gasteiger partial charge in [-0.2, -0.15) is 9.78 Å². The largest absolute Gasteiger partial charge is 0.352 e. The number of rotatable bonds is 7. The Balaban J connectivity index is 1.70. The zero-order valence-electron chi connectivity index (χ0n) is 18.0. The van der Waals surface area contributed by atoms with E-state index in [2.05, 4.69) is 20.4 Å². The predicted octanol–water partition coefficient (Wildman–Crippen LogP) is 1.51. The van der Waals surface area contributed by atoms with Crippen LogP contribution in [0.2, 0.25) is 0 Å². The van der Waals surface area contributed by atoms with Gasteiger partial charge in [-0.25, -0.2) is 4.79 Å². The van der Waals surface area contributed by atoms with Gasteiger partial charge in [0.1, 0.15) is 0 Å². The summed E-state index contributed by atoms with van der Waals surface area (Å²) in [4.78, 5) is 47.4. The lowest BCUT2D eigenvalue weighted by Gasteiger charge is -2.12. The zero-order chi connectivity index (χ0) is 23.2. The Morgan fingerprint density at radius 3 is 2.52 bits per heavy atom. The number of nitrogens with zero attached hydrogens (tertiary/aromatic N) is 5. The second-order valence-corrected chi connectivity index (χ2v) is 7.46. The Morgan fingerprint density at radius 2 is 1.82 bits per heavy atom. The summed E-state index contributed by atoms with van der Waals surface area (Å²) in [5, 5.41) is 6.83. The van der Waals surface area contributed by atoms with Gasteiger partial charge in [0, 0.05) is 37.3 Å². The number of hydrogen-bond donors (Lipinski definition) is 1. The van der Waals surface area contributed by atoms with E-state index in [4.69, 9.17) is 0 Å². The van der Waals surface area contributed by atoms with Crippen LogP contribution in [0.4, 0.5) is 0 Å². The summed E-state index contributed by atoms with van der Waals surface area (Å²) in [5.74, 6) is -0.656. The second-order valence-electron chi connectivity index (χ2n) is 7.46. The molecule has 0 bridgehead atoms. The van der Waals surface area contributed by atoms with Crippen molar-refractivity contribution in [2.75, 3.05) is 6.54 Å². The van der Waals surface area contributed by atoms with Crippen molar-refractivity contribution in [3.05, 3.63) is 117 Å². The third kappa shape index (κ3) is 5.09. The van der Waals surface area contributed by atoms with E-state index >= 15 is 0 Å². The summed E-state index contributed by atoms with van der Waals surface area (Å²) in [6.45, 7) is 2.15. The highest BCUT2D eigenvalue weighted by Gasteiger charge is 2.20. The average molecular weight is 442 g/mol. The molecule has 0 aliphatic carbocycles. The van der Waals surface area contributed by atoms with E-state index in [9.17, 15) is 14.4 Å². The minimum absolute atomic E-state index is 0.0336. The molecule has 3 aromatic heterocycles. The minimum atomic E-state index is -0.762. The molecule has 1 amide bonds. The molecule has 0 unspecified atom stereocenters. The molecule has 9 heteroatoms. The van der Waals surface area contributed by atoms with Gasteiger partial charge < -0.3 is 5.32 Å². The quantitative estimate of drug-likeness (QED) is 0.464. The molecule has 1 aromatic carbocycles. The molecule has 3 heterocycles. The number of amides is 1. The van der Waals surface area contributed by atoms with Gasteiger partial charge >= 0.3 is 5.69 Å². The smallest absolute Gasteiger partial charge is 0.350 e. The van der Waals surface area contributed by atoms with E-state index < -0.39 is 17.2 Å². The summed E-state index contributed by atoms with van der Waals surface area (Å²) in [5.41, 5.74) is 1.15. The van der Waals surface area contributed by atoms with Crippen LogP contribution in [-0.2, 0) is 13.0 Å². The molecule has 9 nitrogen and oxygen atoms in total. The van der Waals surface area contributed by atoms with Gasteiger partial charge in [-0.05, 0) is 42.8 Å². The zero-order valence-corrected chi connectivity index (χ0v) is 18.0. The monoisotopic (exact) mass is 442 g/mol. The fourth-order valence-electron chi connectivity index (χ4n) is 3.26. The van der Waals surface area contributed by atoms with Crippen LogP contribution in [0.1, 0.15) is 27.3 Å². The van der Waals surface area contributed by atoms with Crippen LogP contribution in [0.15, 0.2) is 82.8 Å². The molecule has 0 aliphatic heterocycles. The maximum atomic E-state index is 13.2. The van der Waals surface area contributed by atoms with Crippen LogP contribution in [-0.4, -0.2) is 36.8 Å². The van der Waals surface area contributed by atoms with Crippen LogP contribution in [0.3, 0.4) is 0 Å². The fraction of sp³-hybridized carbons (Fsp3) is 0.167.